The Hall–Kier alpha value is -3.04. The van der Waals surface area contributed by atoms with Crippen LogP contribution in [0, 0.1) is 0 Å². The van der Waals surface area contributed by atoms with E-state index in [0.717, 1.165) is 10.9 Å². The molecule has 8 nitrogen and oxygen atoms in total. The summed E-state index contributed by atoms with van der Waals surface area (Å²) in [5, 5.41) is 18.4. The van der Waals surface area contributed by atoms with Crippen LogP contribution in [-0.2, 0) is 11.3 Å². The summed E-state index contributed by atoms with van der Waals surface area (Å²) >= 11 is 0. The molecule has 2 rings (SSSR count). The lowest BCUT2D eigenvalue weighted by molar-refractivity contribution is -0.122. The van der Waals surface area contributed by atoms with Gasteiger partial charge < -0.3 is 15.2 Å². The number of benzene rings is 1. The third kappa shape index (κ3) is 4.96. The number of carboxylic acid groups (broad SMARTS) is 1. The number of hydrogen-bond donors (Lipinski definition) is 2. The Balaban J connectivity index is 2.08. The normalized spacial score (nSPS) is 12.0. The molecular formula is C15H16F2N4O4. The number of nitrogens with zero attached hydrogens (tertiary/aromatic N) is 3. The first-order valence-electron chi connectivity index (χ1n) is 7.37. The Morgan fingerprint density at radius 3 is 2.68 bits per heavy atom. The molecule has 10 heteroatoms. The van der Waals surface area contributed by atoms with Gasteiger partial charge >= 0.3 is 12.6 Å². The van der Waals surface area contributed by atoms with E-state index < -0.39 is 24.5 Å². The van der Waals surface area contributed by atoms with E-state index in [9.17, 15) is 18.4 Å². The minimum Gasteiger partial charge on any atom is -0.476 e. The highest BCUT2D eigenvalue weighted by Crippen LogP contribution is 2.28. The fraction of sp³-hybridized carbons (Fsp3) is 0.333. The Labute approximate surface area is 141 Å². The second kappa shape index (κ2) is 8.18. The summed E-state index contributed by atoms with van der Waals surface area (Å²) in [5.41, 5.74) is 0.138. The molecule has 1 aromatic carbocycles. The van der Waals surface area contributed by atoms with Crippen molar-refractivity contribution in [3.63, 3.8) is 0 Å². The Kier molecular flexibility index (Phi) is 5.98. The molecule has 1 amide bonds. The maximum atomic E-state index is 12.5. The van der Waals surface area contributed by atoms with Crippen LogP contribution in [0.5, 0.6) is 5.75 Å². The Morgan fingerprint density at radius 1 is 1.36 bits per heavy atom. The summed E-state index contributed by atoms with van der Waals surface area (Å²) in [6, 6.07) is 5.64. The predicted molar refractivity (Wildman–Crippen MR) is 81.2 cm³/mol. The van der Waals surface area contributed by atoms with Crippen LogP contribution < -0.4 is 10.1 Å². The minimum absolute atomic E-state index is 0.0152. The molecule has 0 fully saturated rings. The minimum atomic E-state index is -2.97. The maximum absolute atomic E-state index is 12.5. The second-order valence-electron chi connectivity index (χ2n) is 5.05. The van der Waals surface area contributed by atoms with E-state index in [2.05, 4.69) is 20.4 Å². The smallest absolute Gasteiger partial charge is 0.387 e. The summed E-state index contributed by atoms with van der Waals surface area (Å²) in [6.07, 6.45) is 1.56. The van der Waals surface area contributed by atoms with Gasteiger partial charge in [0, 0.05) is 5.56 Å². The number of halogens is 2. The number of nitrogens with one attached hydrogen (secondary N) is 1. The zero-order valence-electron chi connectivity index (χ0n) is 13.2. The van der Waals surface area contributed by atoms with Crippen LogP contribution in [0.25, 0.3) is 0 Å². The third-order valence-corrected chi connectivity index (χ3v) is 3.32. The number of carbonyl (C=O) groups is 2. The van der Waals surface area contributed by atoms with Crippen molar-refractivity contribution in [3.05, 3.63) is 41.7 Å². The monoisotopic (exact) mass is 354 g/mol. The van der Waals surface area contributed by atoms with Crippen LogP contribution >= 0.6 is 0 Å². The van der Waals surface area contributed by atoms with Gasteiger partial charge in [0.15, 0.2) is 5.69 Å². The molecule has 1 heterocycles. The summed E-state index contributed by atoms with van der Waals surface area (Å²) in [6.45, 7) is -1.45. The van der Waals surface area contributed by atoms with Crippen LogP contribution in [0.4, 0.5) is 8.78 Å². The average Bonchev–Trinajstić information content (AvgIpc) is 3.01. The van der Waals surface area contributed by atoms with Crippen molar-refractivity contribution in [2.75, 3.05) is 0 Å². The third-order valence-electron chi connectivity index (χ3n) is 3.32. The van der Waals surface area contributed by atoms with Crippen LogP contribution in [0.15, 0.2) is 30.5 Å². The van der Waals surface area contributed by atoms with Crippen molar-refractivity contribution in [1.29, 1.82) is 0 Å². The molecule has 2 aromatic rings. The summed E-state index contributed by atoms with van der Waals surface area (Å²) < 4.78 is 30.6. The quantitative estimate of drug-likeness (QED) is 0.749. The van der Waals surface area contributed by atoms with Crippen molar-refractivity contribution in [1.82, 2.24) is 20.3 Å². The van der Waals surface area contributed by atoms with E-state index in [1.54, 1.807) is 25.1 Å². The zero-order chi connectivity index (χ0) is 18.4. The van der Waals surface area contributed by atoms with Crippen LogP contribution in [0.3, 0.4) is 0 Å². The van der Waals surface area contributed by atoms with E-state index >= 15 is 0 Å². The number of amides is 1. The first-order chi connectivity index (χ1) is 11.9. The Morgan fingerprint density at radius 2 is 2.08 bits per heavy atom. The van der Waals surface area contributed by atoms with Gasteiger partial charge in [-0.2, -0.15) is 8.78 Å². The van der Waals surface area contributed by atoms with Crippen molar-refractivity contribution >= 4 is 11.9 Å². The van der Waals surface area contributed by atoms with Crippen LogP contribution in [0.1, 0.15) is 35.4 Å². The van der Waals surface area contributed by atoms with Gasteiger partial charge in [-0.05, 0) is 12.5 Å². The van der Waals surface area contributed by atoms with E-state index in [0.29, 0.717) is 12.0 Å². The number of hydrogen-bond acceptors (Lipinski definition) is 5. The number of rotatable bonds is 8. The topological polar surface area (TPSA) is 106 Å². The predicted octanol–water partition coefficient (Wildman–Crippen LogP) is 1.85. The maximum Gasteiger partial charge on any atom is 0.387 e. The molecule has 134 valence electrons. The van der Waals surface area contributed by atoms with Gasteiger partial charge in [-0.25, -0.2) is 9.48 Å². The number of ether oxygens (including phenoxy) is 1. The highest BCUT2D eigenvalue weighted by atomic mass is 19.3. The summed E-state index contributed by atoms with van der Waals surface area (Å²) in [5.74, 6) is -1.74. The summed E-state index contributed by atoms with van der Waals surface area (Å²) in [4.78, 5) is 22.9. The molecule has 0 radical (unpaired) electrons. The van der Waals surface area contributed by atoms with E-state index in [1.165, 1.54) is 6.07 Å². The molecule has 2 N–H and O–H groups in total. The number of aromatic carboxylic acids is 1. The van der Waals surface area contributed by atoms with E-state index in [1.807, 2.05) is 0 Å². The number of carbonyl (C=O) groups excluding carboxylic acids is 1. The average molecular weight is 354 g/mol. The molecule has 1 atom stereocenters. The molecule has 0 bridgehead atoms. The second-order valence-corrected chi connectivity index (χ2v) is 5.05. The van der Waals surface area contributed by atoms with Gasteiger partial charge in [-0.15, -0.1) is 5.10 Å². The largest absolute Gasteiger partial charge is 0.476 e. The lowest BCUT2D eigenvalue weighted by Crippen LogP contribution is -2.31. The zero-order valence-corrected chi connectivity index (χ0v) is 13.2. The van der Waals surface area contributed by atoms with Crippen LogP contribution in [0.2, 0.25) is 0 Å². The van der Waals surface area contributed by atoms with E-state index in [4.69, 9.17) is 5.11 Å². The van der Waals surface area contributed by atoms with Gasteiger partial charge in [0.2, 0.25) is 5.91 Å². The first kappa shape index (κ1) is 18.3. The lowest BCUT2D eigenvalue weighted by Gasteiger charge is -2.20. The van der Waals surface area contributed by atoms with Crippen molar-refractivity contribution in [3.8, 4) is 5.75 Å². The fourth-order valence-corrected chi connectivity index (χ4v) is 2.23. The molecule has 0 saturated heterocycles. The highest BCUT2D eigenvalue weighted by Gasteiger charge is 2.19. The van der Waals surface area contributed by atoms with E-state index in [-0.39, 0.29) is 18.0 Å². The van der Waals surface area contributed by atoms with Gasteiger partial charge in [0.05, 0.1) is 12.2 Å². The van der Waals surface area contributed by atoms with Gasteiger partial charge in [0.1, 0.15) is 12.3 Å². The standard InChI is InChI=1S/C15H16F2N4O4/c1-2-10(9-5-3-4-6-12(9)25-15(16)17)18-13(22)8-21-7-11(14(23)24)19-20-21/h3-7,10,15H,2,8H2,1H3,(H,18,22)(H,23,24). The number of alkyl halides is 2. The number of carboxylic acids is 1. The van der Waals surface area contributed by atoms with Crippen molar-refractivity contribution in [2.24, 2.45) is 0 Å². The molecular weight excluding hydrogens is 338 g/mol. The molecule has 0 spiro atoms. The highest BCUT2D eigenvalue weighted by molar-refractivity contribution is 5.84. The molecule has 0 aliphatic rings. The lowest BCUT2D eigenvalue weighted by atomic mass is 10.0. The van der Waals surface area contributed by atoms with Gasteiger partial charge in [-0.3, -0.25) is 4.79 Å². The molecule has 0 aliphatic carbocycles. The fourth-order valence-electron chi connectivity index (χ4n) is 2.23. The van der Waals surface area contributed by atoms with Gasteiger partial charge in [-0.1, -0.05) is 30.3 Å². The molecule has 0 saturated carbocycles. The molecule has 1 unspecified atom stereocenters. The van der Waals surface area contributed by atoms with Crippen LogP contribution in [-0.4, -0.2) is 38.6 Å². The van der Waals surface area contributed by atoms with Crippen molar-refractivity contribution < 1.29 is 28.2 Å². The number of aromatic nitrogens is 3. The molecule has 25 heavy (non-hydrogen) atoms. The molecule has 0 aliphatic heterocycles. The Bertz CT molecular complexity index is 751. The summed E-state index contributed by atoms with van der Waals surface area (Å²) in [7, 11) is 0. The molecule has 1 aromatic heterocycles. The number of para-hydroxylation sites is 1. The van der Waals surface area contributed by atoms with Crippen molar-refractivity contribution in [2.45, 2.75) is 32.5 Å². The van der Waals surface area contributed by atoms with Gasteiger partial charge in [0.25, 0.3) is 0 Å². The SMILES string of the molecule is CCC(NC(=O)Cn1cc(C(=O)O)nn1)c1ccccc1OC(F)F. The first-order valence-corrected chi connectivity index (χ1v) is 7.37.